The molecular formula is C27H27N3O2S. The zero-order valence-electron chi connectivity index (χ0n) is 19.3. The number of thioether (sulfide) groups is 1. The molecule has 1 aliphatic rings. The number of hydrogen-bond donors (Lipinski definition) is 0. The van der Waals surface area contributed by atoms with Gasteiger partial charge in [0.1, 0.15) is 5.76 Å². The van der Waals surface area contributed by atoms with E-state index in [0.29, 0.717) is 22.4 Å². The summed E-state index contributed by atoms with van der Waals surface area (Å²) in [5.74, 6) is 0.580. The lowest BCUT2D eigenvalue weighted by Gasteiger charge is -2.18. The van der Waals surface area contributed by atoms with Crippen LogP contribution in [0.1, 0.15) is 48.8 Å². The second kappa shape index (κ2) is 9.63. The van der Waals surface area contributed by atoms with Crippen LogP contribution in [0.5, 0.6) is 0 Å². The molecule has 0 aliphatic carbocycles. The molecule has 1 fully saturated rings. The Morgan fingerprint density at radius 2 is 1.79 bits per heavy atom. The van der Waals surface area contributed by atoms with Crippen molar-refractivity contribution in [2.24, 2.45) is 10.2 Å². The lowest BCUT2D eigenvalue weighted by Crippen LogP contribution is -2.28. The van der Waals surface area contributed by atoms with Gasteiger partial charge in [0.05, 0.1) is 23.9 Å². The van der Waals surface area contributed by atoms with Crippen LogP contribution in [0.3, 0.4) is 0 Å². The Kier molecular flexibility index (Phi) is 6.65. The van der Waals surface area contributed by atoms with E-state index in [1.54, 1.807) is 17.4 Å². The van der Waals surface area contributed by atoms with Crippen molar-refractivity contribution in [1.82, 2.24) is 4.90 Å². The smallest absolute Gasteiger partial charge is 0.267 e. The Morgan fingerprint density at radius 1 is 1.03 bits per heavy atom. The van der Waals surface area contributed by atoms with Crippen LogP contribution in [-0.4, -0.2) is 22.2 Å². The number of benzene rings is 2. The number of carbonyl (C=O) groups is 1. The minimum absolute atomic E-state index is 0.0817. The van der Waals surface area contributed by atoms with Gasteiger partial charge in [0.25, 0.3) is 5.91 Å². The summed E-state index contributed by atoms with van der Waals surface area (Å²) in [7, 11) is 0. The molecule has 6 heteroatoms. The van der Waals surface area contributed by atoms with Gasteiger partial charge in [-0.1, -0.05) is 69.3 Å². The van der Waals surface area contributed by atoms with Gasteiger partial charge in [0.15, 0.2) is 5.17 Å². The fourth-order valence-electron chi connectivity index (χ4n) is 3.38. The number of rotatable bonds is 5. The third kappa shape index (κ3) is 5.52. The molecule has 0 saturated carbocycles. The van der Waals surface area contributed by atoms with Gasteiger partial charge in [-0.05, 0) is 64.6 Å². The number of aryl methyl sites for hydroxylation is 1. The molecule has 4 rings (SSSR count). The van der Waals surface area contributed by atoms with Crippen LogP contribution >= 0.6 is 11.8 Å². The Morgan fingerprint density at radius 3 is 2.45 bits per heavy atom. The molecule has 1 saturated heterocycles. The van der Waals surface area contributed by atoms with Gasteiger partial charge in [-0.3, -0.25) is 9.69 Å². The minimum Gasteiger partial charge on any atom is -0.467 e. The van der Waals surface area contributed by atoms with Crippen molar-refractivity contribution in [2.75, 3.05) is 0 Å². The summed E-state index contributed by atoms with van der Waals surface area (Å²) in [6, 6.07) is 19.9. The summed E-state index contributed by atoms with van der Waals surface area (Å²) >= 11 is 1.32. The molecular weight excluding hydrogens is 430 g/mol. The quantitative estimate of drug-likeness (QED) is 0.253. The van der Waals surface area contributed by atoms with E-state index < -0.39 is 0 Å². The number of amides is 1. The summed E-state index contributed by atoms with van der Waals surface area (Å²) in [6.45, 7) is 8.88. The first kappa shape index (κ1) is 22.8. The van der Waals surface area contributed by atoms with Crippen molar-refractivity contribution in [1.29, 1.82) is 0 Å². The molecule has 1 amide bonds. The van der Waals surface area contributed by atoms with Crippen LogP contribution in [0, 0.1) is 6.92 Å². The molecule has 0 spiro atoms. The maximum absolute atomic E-state index is 13.2. The van der Waals surface area contributed by atoms with Crippen LogP contribution in [0.25, 0.3) is 6.08 Å². The van der Waals surface area contributed by atoms with Crippen LogP contribution in [-0.2, 0) is 16.8 Å². The maximum Gasteiger partial charge on any atom is 0.267 e. The topological polar surface area (TPSA) is 58.2 Å². The molecule has 0 radical (unpaired) electrons. The highest BCUT2D eigenvalue weighted by molar-refractivity contribution is 8.18. The van der Waals surface area contributed by atoms with E-state index in [4.69, 9.17) is 4.42 Å². The molecule has 2 aromatic carbocycles. The van der Waals surface area contributed by atoms with Gasteiger partial charge in [-0.15, -0.1) is 5.10 Å². The second-order valence-electron chi connectivity index (χ2n) is 8.94. The fourth-order valence-corrected chi connectivity index (χ4v) is 4.32. The van der Waals surface area contributed by atoms with Crippen molar-refractivity contribution in [3.63, 3.8) is 0 Å². The average Bonchev–Trinajstić information content (AvgIpc) is 3.39. The zero-order valence-corrected chi connectivity index (χ0v) is 20.1. The highest BCUT2D eigenvalue weighted by Gasteiger charge is 2.34. The monoisotopic (exact) mass is 457 g/mol. The minimum atomic E-state index is -0.110. The Labute approximate surface area is 198 Å². The predicted molar refractivity (Wildman–Crippen MR) is 136 cm³/mol. The molecule has 0 atom stereocenters. The van der Waals surface area contributed by atoms with Crippen molar-refractivity contribution < 1.29 is 9.21 Å². The first-order valence-corrected chi connectivity index (χ1v) is 11.6. The Hall–Kier alpha value is -3.38. The van der Waals surface area contributed by atoms with Crippen LogP contribution in [0.15, 0.2) is 86.5 Å². The number of carbonyl (C=O) groups excluding carboxylic acids is 1. The normalized spacial score (nSPS) is 17.1. The van der Waals surface area contributed by atoms with Crippen LogP contribution in [0.2, 0.25) is 0 Å². The first-order valence-electron chi connectivity index (χ1n) is 10.8. The summed E-state index contributed by atoms with van der Waals surface area (Å²) in [5, 5.41) is 9.18. The molecule has 2 heterocycles. The molecule has 33 heavy (non-hydrogen) atoms. The van der Waals surface area contributed by atoms with E-state index in [9.17, 15) is 4.79 Å². The second-order valence-corrected chi connectivity index (χ2v) is 9.95. The van der Waals surface area contributed by atoms with Crippen molar-refractivity contribution in [3.8, 4) is 0 Å². The van der Waals surface area contributed by atoms with Crippen molar-refractivity contribution in [3.05, 3.63) is 99.8 Å². The van der Waals surface area contributed by atoms with Crippen molar-refractivity contribution in [2.45, 2.75) is 39.7 Å². The molecule has 168 valence electrons. The number of amidine groups is 1. The first-order chi connectivity index (χ1) is 15.8. The largest absolute Gasteiger partial charge is 0.467 e. The van der Waals surface area contributed by atoms with Gasteiger partial charge < -0.3 is 4.42 Å². The van der Waals surface area contributed by atoms with E-state index in [1.165, 1.54) is 17.3 Å². The third-order valence-corrected chi connectivity index (χ3v) is 6.38. The standard InChI is InChI=1S/C27H27N3O2S/c1-19-8-5-6-9-21(19)17-28-29-26-30(18-23-10-7-15-32-23)25(31)24(33-26)16-20-11-13-22(14-12-20)27(2,3)4/h5-17H,18H2,1-4H3/b24-16-,28-17+,29-26-. The predicted octanol–water partition coefficient (Wildman–Crippen LogP) is 6.39. The summed E-state index contributed by atoms with van der Waals surface area (Å²) in [4.78, 5) is 15.4. The van der Waals surface area contributed by atoms with E-state index >= 15 is 0 Å². The molecule has 1 aliphatic heterocycles. The molecule has 1 aromatic heterocycles. The molecule has 0 unspecified atom stereocenters. The highest BCUT2D eigenvalue weighted by atomic mass is 32.2. The summed E-state index contributed by atoms with van der Waals surface area (Å²) < 4.78 is 5.46. The average molecular weight is 458 g/mol. The van der Waals surface area contributed by atoms with Gasteiger partial charge >= 0.3 is 0 Å². The lowest BCUT2D eigenvalue weighted by molar-refractivity contribution is -0.122. The van der Waals surface area contributed by atoms with Gasteiger partial charge in [-0.25, -0.2) is 0 Å². The van der Waals surface area contributed by atoms with Gasteiger partial charge in [0, 0.05) is 0 Å². The SMILES string of the molecule is Cc1ccccc1/C=N/N=C1\S/C(=C\c2ccc(C(C)(C)C)cc2)C(=O)N1Cc1ccco1. The zero-order chi connectivity index (χ0) is 23.4. The Bertz CT molecular complexity index is 1220. The van der Waals surface area contributed by atoms with E-state index in [0.717, 1.165) is 16.7 Å². The van der Waals surface area contributed by atoms with Gasteiger partial charge in [0.2, 0.25) is 0 Å². The van der Waals surface area contributed by atoms with E-state index in [-0.39, 0.29) is 11.3 Å². The van der Waals surface area contributed by atoms with E-state index in [2.05, 4.69) is 43.1 Å². The van der Waals surface area contributed by atoms with Crippen molar-refractivity contribution >= 4 is 35.1 Å². The summed E-state index contributed by atoms with van der Waals surface area (Å²) in [6.07, 6.45) is 5.22. The lowest BCUT2D eigenvalue weighted by atomic mass is 9.87. The van der Waals surface area contributed by atoms with Crippen LogP contribution in [0.4, 0.5) is 0 Å². The van der Waals surface area contributed by atoms with Gasteiger partial charge in [-0.2, -0.15) is 5.10 Å². The molecule has 0 N–H and O–H groups in total. The molecule has 5 nitrogen and oxygen atoms in total. The highest BCUT2D eigenvalue weighted by Crippen LogP contribution is 2.34. The maximum atomic E-state index is 13.2. The summed E-state index contributed by atoms with van der Waals surface area (Å²) in [5.41, 5.74) is 4.41. The number of hydrogen-bond acceptors (Lipinski definition) is 5. The molecule has 0 bridgehead atoms. The molecule has 3 aromatic rings. The Balaban J connectivity index is 1.61. The van der Waals surface area contributed by atoms with Crippen LogP contribution < -0.4 is 0 Å². The number of nitrogens with zero attached hydrogens (tertiary/aromatic N) is 3. The van der Waals surface area contributed by atoms with E-state index in [1.807, 2.05) is 61.5 Å². The fraction of sp³-hybridized carbons (Fsp3) is 0.222. The number of furan rings is 1. The third-order valence-electron chi connectivity index (χ3n) is 5.39.